The topological polar surface area (TPSA) is 36.4 Å². The van der Waals surface area contributed by atoms with Gasteiger partial charge in [-0.3, -0.25) is 5.43 Å². The van der Waals surface area contributed by atoms with E-state index < -0.39 is 0 Å². The Labute approximate surface area is 129 Å². The average molecular weight is 293 g/mol. The van der Waals surface area contributed by atoms with Crippen molar-refractivity contribution < 1.29 is 0 Å². The number of rotatable bonds is 3. The molecule has 0 saturated carbocycles. The van der Waals surface area contributed by atoms with Crippen molar-refractivity contribution in [2.24, 2.45) is 5.10 Å². The lowest BCUT2D eigenvalue weighted by Crippen LogP contribution is -2.24. The first-order valence-electron chi connectivity index (χ1n) is 6.76. The van der Waals surface area contributed by atoms with Crippen LogP contribution in [0.5, 0.6) is 0 Å². The highest BCUT2D eigenvalue weighted by molar-refractivity contribution is 7.80. The zero-order valence-electron chi connectivity index (χ0n) is 11.4. The number of thiocarbonyl (C=S) groups is 1. The van der Waals surface area contributed by atoms with Crippen molar-refractivity contribution in [3.63, 3.8) is 0 Å². The second kappa shape index (κ2) is 6.33. The van der Waals surface area contributed by atoms with Crippen molar-refractivity contribution in [1.82, 2.24) is 5.43 Å². The Morgan fingerprint density at radius 1 is 1.14 bits per heavy atom. The zero-order valence-corrected chi connectivity index (χ0v) is 12.2. The molecule has 1 aliphatic rings. The Balaban J connectivity index is 1.66. The van der Waals surface area contributed by atoms with Crippen molar-refractivity contribution >= 4 is 40.0 Å². The van der Waals surface area contributed by atoms with Crippen LogP contribution in [0.3, 0.4) is 0 Å². The Kier molecular flexibility index (Phi) is 4.07. The van der Waals surface area contributed by atoms with Crippen LogP contribution in [0, 0.1) is 0 Å². The number of benzene rings is 2. The molecule has 0 unspecified atom stereocenters. The molecular formula is C17H15N3S. The van der Waals surface area contributed by atoms with E-state index in [0.29, 0.717) is 5.11 Å². The van der Waals surface area contributed by atoms with Crippen molar-refractivity contribution in [3.05, 3.63) is 66.3 Å². The van der Waals surface area contributed by atoms with Gasteiger partial charge in [0.1, 0.15) is 0 Å². The van der Waals surface area contributed by atoms with Gasteiger partial charge in [-0.25, -0.2) is 0 Å². The van der Waals surface area contributed by atoms with E-state index in [9.17, 15) is 0 Å². The maximum Gasteiger partial charge on any atom is 0.191 e. The van der Waals surface area contributed by atoms with E-state index in [1.54, 1.807) is 6.21 Å². The molecule has 2 aromatic carbocycles. The molecule has 1 aliphatic carbocycles. The van der Waals surface area contributed by atoms with E-state index in [4.69, 9.17) is 12.2 Å². The normalized spacial score (nSPS) is 13.6. The Morgan fingerprint density at radius 3 is 2.86 bits per heavy atom. The summed E-state index contributed by atoms with van der Waals surface area (Å²) >= 11 is 5.27. The first-order chi connectivity index (χ1) is 10.3. The van der Waals surface area contributed by atoms with Crippen LogP contribution in [-0.2, 0) is 0 Å². The molecule has 0 atom stereocenters. The van der Waals surface area contributed by atoms with E-state index >= 15 is 0 Å². The molecule has 3 rings (SSSR count). The quantitative estimate of drug-likeness (QED) is 0.510. The van der Waals surface area contributed by atoms with Crippen LogP contribution >= 0.6 is 12.2 Å². The summed E-state index contributed by atoms with van der Waals surface area (Å²) in [5, 5.41) is 10.1. The Bertz CT molecular complexity index is 754. The van der Waals surface area contributed by atoms with Gasteiger partial charge in [-0.1, -0.05) is 54.6 Å². The molecule has 2 N–H and O–H groups in total. The average Bonchev–Trinajstić information content (AvgIpc) is 3.01. The van der Waals surface area contributed by atoms with E-state index in [-0.39, 0.29) is 0 Å². The Morgan fingerprint density at radius 2 is 2.00 bits per heavy atom. The van der Waals surface area contributed by atoms with Crippen LogP contribution in [0.2, 0.25) is 0 Å². The number of allylic oxidation sites excluding steroid dienone is 4. The molecule has 0 amide bonds. The van der Waals surface area contributed by atoms with E-state index in [1.165, 1.54) is 5.39 Å². The minimum absolute atomic E-state index is 0.481. The number of hydrogen-bond donors (Lipinski definition) is 2. The summed E-state index contributed by atoms with van der Waals surface area (Å²) in [5.74, 6) is 0. The monoisotopic (exact) mass is 293 g/mol. The summed E-state index contributed by atoms with van der Waals surface area (Å²) in [6, 6.07) is 14.3. The minimum Gasteiger partial charge on any atom is -0.331 e. The highest BCUT2D eigenvalue weighted by atomic mass is 32.1. The predicted octanol–water partition coefficient (Wildman–Crippen LogP) is 4.00. The fourth-order valence-corrected chi connectivity index (χ4v) is 2.38. The van der Waals surface area contributed by atoms with Crippen LogP contribution in [0.4, 0.5) is 5.69 Å². The molecule has 0 heterocycles. The van der Waals surface area contributed by atoms with Crippen LogP contribution in [0.1, 0.15) is 6.42 Å². The molecule has 0 aliphatic heterocycles. The van der Waals surface area contributed by atoms with Gasteiger partial charge in [0.25, 0.3) is 0 Å². The van der Waals surface area contributed by atoms with Crippen LogP contribution < -0.4 is 10.7 Å². The summed E-state index contributed by atoms with van der Waals surface area (Å²) in [6.45, 7) is 0. The first-order valence-corrected chi connectivity index (χ1v) is 7.17. The smallest absolute Gasteiger partial charge is 0.191 e. The van der Waals surface area contributed by atoms with Crippen LogP contribution in [0.25, 0.3) is 10.8 Å². The summed E-state index contributed by atoms with van der Waals surface area (Å²) < 4.78 is 0. The predicted molar refractivity (Wildman–Crippen MR) is 93.6 cm³/mol. The molecule has 2 aromatic rings. The third-order valence-corrected chi connectivity index (χ3v) is 3.43. The lowest BCUT2D eigenvalue weighted by atomic mass is 10.1. The molecule has 0 bridgehead atoms. The summed E-state index contributed by atoms with van der Waals surface area (Å²) in [5.41, 5.74) is 4.98. The maximum absolute atomic E-state index is 5.27. The second-order valence-electron chi connectivity index (χ2n) is 4.72. The van der Waals surface area contributed by atoms with Gasteiger partial charge in [0, 0.05) is 11.1 Å². The van der Waals surface area contributed by atoms with Gasteiger partial charge >= 0.3 is 0 Å². The number of nitrogens with zero attached hydrogens (tertiary/aromatic N) is 1. The number of hydrogen-bond acceptors (Lipinski definition) is 2. The van der Waals surface area contributed by atoms with Crippen LogP contribution in [0.15, 0.2) is 71.4 Å². The molecule has 4 heteroatoms. The molecular weight excluding hydrogens is 278 g/mol. The molecule has 104 valence electrons. The number of fused-ring (bicyclic) bond motifs is 1. The van der Waals surface area contributed by atoms with Crippen molar-refractivity contribution in [2.45, 2.75) is 6.42 Å². The molecule has 3 nitrogen and oxygen atoms in total. The minimum atomic E-state index is 0.481. The fourth-order valence-electron chi connectivity index (χ4n) is 2.22. The molecule has 0 aromatic heterocycles. The molecule has 0 spiro atoms. The number of nitrogens with one attached hydrogen (secondary N) is 2. The van der Waals surface area contributed by atoms with Gasteiger partial charge in [0.05, 0.1) is 6.21 Å². The number of anilines is 1. The highest BCUT2D eigenvalue weighted by Gasteiger charge is 2.01. The standard InChI is InChI=1S/C17H15N3S/c21-17(20-18-12-13-6-1-2-7-13)19-16-11-5-9-14-8-3-4-10-15(14)16/h1-6,8-12H,7H2,(H2,19,20,21)/b18-12+. The van der Waals surface area contributed by atoms with Gasteiger partial charge in [-0.05, 0) is 35.7 Å². The summed E-state index contributed by atoms with van der Waals surface area (Å²) in [7, 11) is 0. The SMILES string of the molecule is S=C(N/N=C/C1=CC=CC1)Nc1cccc2ccccc12. The molecule has 0 saturated heterocycles. The zero-order chi connectivity index (χ0) is 14.5. The van der Waals surface area contributed by atoms with Crippen molar-refractivity contribution in [1.29, 1.82) is 0 Å². The van der Waals surface area contributed by atoms with E-state index in [1.807, 2.05) is 36.4 Å². The molecule has 0 radical (unpaired) electrons. The van der Waals surface area contributed by atoms with Gasteiger partial charge in [0.15, 0.2) is 5.11 Å². The second-order valence-corrected chi connectivity index (χ2v) is 5.13. The van der Waals surface area contributed by atoms with E-state index in [0.717, 1.165) is 23.1 Å². The maximum atomic E-state index is 5.27. The summed E-state index contributed by atoms with van der Waals surface area (Å²) in [4.78, 5) is 0. The largest absolute Gasteiger partial charge is 0.331 e. The van der Waals surface area contributed by atoms with Gasteiger partial charge < -0.3 is 5.32 Å². The van der Waals surface area contributed by atoms with Crippen molar-refractivity contribution in [3.8, 4) is 0 Å². The fraction of sp³-hybridized carbons (Fsp3) is 0.0588. The van der Waals surface area contributed by atoms with Crippen molar-refractivity contribution in [2.75, 3.05) is 5.32 Å². The van der Waals surface area contributed by atoms with Gasteiger partial charge in [-0.2, -0.15) is 5.10 Å². The third kappa shape index (κ3) is 3.35. The number of hydrazone groups is 1. The molecule has 21 heavy (non-hydrogen) atoms. The first kappa shape index (κ1) is 13.5. The lowest BCUT2D eigenvalue weighted by molar-refractivity contribution is 1.05. The lowest BCUT2D eigenvalue weighted by Gasteiger charge is -2.10. The summed E-state index contributed by atoms with van der Waals surface area (Å²) in [6.07, 6.45) is 8.86. The molecule has 0 fully saturated rings. The Hall–Kier alpha value is -2.46. The van der Waals surface area contributed by atoms with E-state index in [2.05, 4.69) is 40.1 Å². The van der Waals surface area contributed by atoms with Gasteiger partial charge in [-0.15, -0.1) is 0 Å². The highest BCUT2D eigenvalue weighted by Crippen LogP contribution is 2.22. The third-order valence-electron chi connectivity index (χ3n) is 3.23. The van der Waals surface area contributed by atoms with Crippen LogP contribution in [-0.4, -0.2) is 11.3 Å². The van der Waals surface area contributed by atoms with Gasteiger partial charge in [0.2, 0.25) is 0 Å².